The molecule has 0 amide bonds. The first-order chi connectivity index (χ1) is 15.6. The third-order valence-electron chi connectivity index (χ3n) is 5.14. The molecule has 0 saturated carbocycles. The monoisotopic (exact) mass is 471 g/mol. The van der Waals surface area contributed by atoms with Gasteiger partial charge in [-0.05, 0) is 36.4 Å². The minimum Gasteiger partial charge on any atom is -0.491 e. The second-order valence-electron chi connectivity index (χ2n) is 7.34. The van der Waals surface area contributed by atoms with Crippen molar-refractivity contribution in [2.24, 2.45) is 0 Å². The number of aromatic nitrogens is 5. The van der Waals surface area contributed by atoms with Crippen LogP contribution >= 0.6 is 23.2 Å². The summed E-state index contributed by atoms with van der Waals surface area (Å²) in [7, 11) is 0. The molecule has 0 N–H and O–H groups in total. The molecule has 2 aromatic carbocycles. The van der Waals surface area contributed by atoms with Crippen LogP contribution in [0.4, 0.5) is 0 Å². The Morgan fingerprint density at radius 2 is 1.88 bits per heavy atom. The van der Waals surface area contributed by atoms with E-state index in [2.05, 4.69) is 15.2 Å². The normalized spacial score (nSPS) is 20.5. The molecule has 1 aliphatic heterocycles. The Labute approximate surface area is 194 Å². The minimum atomic E-state index is -1.07. The second kappa shape index (κ2) is 8.91. The van der Waals surface area contributed by atoms with Gasteiger partial charge in [-0.3, -0.25) is 4.57 Å². The van der Waals surface area contributed by atoms with Gasteiger partial charge >= 0.3 is 0 Å². The van der Waals surface area contributed by atoms with Crippen LogP contribution in [0.2, 0.25) is 10.0 Å². The van der Waals surface area contributed by atoms with Gasteiger partial charge in [-0.2, -0.15) is 0 Å². The first-order valence-electron chi connectivity index (χ1n) is 9.92. The summed E-state index contributed by atoms with van der Waals surface area (Å²) in [5.41, 5.74) is 1.65. The van der Waals surface area contributed by atoms with Crippen LogP contribution in [0.3, 0.4) is 0 Å². The Hall–Kier alpha value is -2.91. The van der Waals surface area contributed by atoms with Gasteiger partial charge in [0.25, 0.3) is 0 Å². The zero-order valence-electron chi connectivity index (χ0n) is 16.8. The van der Waals surface area contributed by atoms with Crippen molar-refractivity contribution in [3.05, 3.63) is 89.4 Å². The summed E-state index contributed by atoms with van der Waals surface area (Å²) in [6, 6.07) is 12.9. The van der Waals surface area contributed by atoms with Gasteiger partial charge in [0, 0.05) is 28.7 Å². The zero-order valence-corrected chi connectivity index (χ0v) is 18.4. The summed E-state index contributed by atoms with van der Waals surface area (Å²) in [5, 5.41) is 8.65. The van der Waals surface area contributed by atoms with Gasteiger partial charge in [-0.1, -0.05) is 29.3 Å². The molecule has 5 rings (SSSR count). The van der Waals surface area contributed by atoms with Gasteiger partial charge < -0.3 is 18.8 Å². The third kappa shape index (κ3) is 4.35. The Kier molecular flexibility index (Phi) is 5.84. The van der Waals surface area contributed by atoms with Crippen molar-refractivity contribution >= 4 is 23.2 Å². The van der Waals surface area contributed by atoms with E-state index >= 15 is 0 Å². The highest BCUT2D eigenvalue weighted by molar-refractivity contribution is 6.35. The van der Waals surface area contributed by atoms with Crippen molar-refractivity contribution in [1.82, 2.24) is 24.3 Å². The smallest absolute Gasteiger partial charge is 0.215 e. The lowest BCUT2D eigenvalue weighted by atomic mass is 10.1. The third-order valence-corrected chi connectivity index (χ3v) is 5.69. The molecule has 32 heavy (non-hydrogen) atoms. The van der Waals surface area contributed by atoms with E-state index in [1.165, 1.54) is 0 Å². The molecule has 4 aromatic rings. The van der Waals surface area contributed by atoms with Gasteiger partial charge in [0.05, 0.1) is 24.5 Å². The summed E-state index contributed by atoms with van der Waals surface area (Å²) in [6.07, 6.45) is 8.25. The highest BCUT2D eigenvalue weighted by atomic mass is 35.5. The molecule has 1 aliphatic rings. The number of halogens is 2. The van der Waals surface area contributed by atoms with Gasteiger partial charge in [-0.25, -0.2) is 4.98 Å². The molecule has 1 saturated heterocycles. The Morgan fingerprint density at radius 3 is 2.59 bits per heavy atom. The Morgan fingerprint density at radius 1 is 1.06 bits per heavy atom. The molecule has 0 spiro atoms. The van der Waals surface area contributed by atoms with E-state index in [4.69, 9.17) is 37.4 Å². The molecule has 0 aliphatic carbocycles. The van der Waals surface area contributed by atoms with Crippen LogP contribution < -0.4 is 4.74 Å². The molecule has 0 bridgehead atoms. The van der Waals surface area contributed by atoms with E-state index in [9.17, 15) is 0 Å². The first-order valence-corrected chi connectivity index (χ1v) is 10.7. The number of imidazole rings is 1. The molecular formula is C22H19Cl2N5O3. The van der Waals surface area contributed by atoms with Crippen LogP contribution in [0, 0.1) is 0 Å². The van der Waals surface area contributed by atoms with Crippen molar-refractivity contribution in [2.75, 3.05) is 13.2 Å². The largest absolute Gasteiger partial charge is 0.491 e. The lowest BCUT2D eigenvalue weighted by molar-refractivity contribution is -0.189. The van der Waals surface area contributed by atoms with E-state index in [-0.39, 0.29) is 6.10 Å². The minimum absolute atomic E-state index is 0.289. The average molecular weight is 472 g/mol. The molecule has 2 aromatic heterocycles. The van der Waals surface area contributed by atoms with E-state index in [0.29, 0.717) is 35.4 Å². The van der Waals surface area contributed by atoms with Crippen LogP contribution in [0.15, 0.2) is 73.8 Å². The predicted molar refractivity (Wildman–Crippen MR) is 118 cm³/mol. The standard InChI is InChI=1S/C22H19Cl2N5O3/c23-16-1-6-20(21(24)9-16)22(12-28-8-7-25-13-28)31-11-19(32-22)10-30-18-4-2-17(3-5-18)29-14-26-27-15-29/h1-9,13-15,19H,10-12H2. The fraction of sp³-hybridized carbons (Fsp3) is 0.227. The molecule has 164 valence electrons. The first kappa shape index (κ1) is 21.0. The number of rotatable bonds is 7. The molecular weight excluding hydrogens is 453 g/mol. The number of nitrogens with zero attached hydrogens (tertiary/aromatic N) is 5. The van der Waals surface area contributed by atoms with Crippen molar-refractivity contribution in [3.63, 3.8) is 0 Å². The van der Waals surface area contributed by atoms with E-state index in [1.54, 1.807) is 37.3 Å². The van der Waals surface area contributed by atoms with Crippen LogP contribution in [-0.2, 0) is 21.8 Å². The van der Waals surface area contributed by atoms with Gasteiger partial charge in [0.15, 0.2) is 0 Å². The Balaban J connectivity index is 1.30. The number of hydrogen-bond acceptors (Lipinski definition) is 6. The summed E-state index contributed by atoms with van der Waals surface area (Å²) in [5.74, 6) is -0.351. The SMILES string of the molecule is Clc1ccc(C2(Cn3ccnc3)OCC(COc3ccc(-n4cnnc4)cc3)O2)c(Cl)c1. The average Bonchev–Trinajstić information content (AvgIpc) is 3.56. The fourth-order valence-corrected chi connectivity index (χ4v) is 4.17. The van der Waals surface area contributed by atoms with Crippen molar-refractivity contribution in [2.45, 2.75) is 18.4 Å². The molecule has 3 heterocycles. The van der Waals surface area contributed by atoms with Gasteiger partial charge in [-0.15, -0.1) is 10.2 Å². The quantitative estimate of drug-likeness (QED) is 0.403. The summed E-state index contributed by atoms with van der Waals surface area (Å²) < 4.78 is 22.2. The highest BCUT2D eigenvalue weighted by Gasteiger charge is 2.45. The van der Waals surface area contributed by atoms with Gasteiger partial charge in [0.2, 0.25) is 5.79 Å². The summed E-state index contributed by atoms with van der Waals surface area (Å²) >= 11 is 12.6. The van der Waals surface area contributed by atoms with Crippen LogP contribution in [0.1, 0.15) is 5.56 Å². The predicted octanol–water partition coefficient (Wildman–Crippen LogP) is 4.12. The number of benzene rings is 2. The highest BCUT2D eigenvalue weighted by Crippen LogP contribution is 2.40. The van der Waals surface area contributed by atoms with Crippen LogP contribution in [0.5, 0.6) is 5.75 Å². The van der Waals surface area contributed by atoms with E-state index in [1.807, 2.05) is 45.7 Å². The van der Waals surface area contributed by atoms with E-state index in [0.717, 1.165) is 11.4 Å². The van der Waals surface area contributed by atoms with Crippen molar-refractivity contribution in [3.8, 4) is 11.4 Å². The van der Waals surface area contributed by atoms with Crippen molar-refractivity contribution < 1.29 is 14.2 Å². The van der Waals surface area contributed by atoms with Gasteiger partial charge in [0.1, 0.15) is 31.1 Å². The zero-order chi connectivity index (χ0) is 22.0. The van der Waals surface area contributed by atoms with Crippen LogP contribution in [0.25, 0.3) is 5.69 Å². The van der Waals surface area contributed by atoms with Crippen LogP contribution in [-0.4, -0.2) is 43.6 Å². The fourth-order valence-electron chi connectivity index (χ4n) is 3.61. The maximum Gasteiger partial charge on any atom is 0.215 e. The molecule has 0 radical (unpaired) electrons. The number of hydrogen-bond donors (Lipinski definition) is 0. The molecule has 1 fully saturated rings. The molecule has 10 heteroatoms. The summed E-state index contributed by atoms with van der Waals surface area (Å²) in [4.78, 5) is 4.11. The lowest BCUT2D eigenvalue weighted by Gasteiger charge is -2.30. The maximum absolute atomic E-state index is 6.51. The lowest BCUT2D eigenvalue weighted by Crippen LogP contribution is -2.34. The topological polar surface area (TPSA) is 76.2 Å². The number of ether oxygens (including phenoxy) is 3. The maximum atomic E-state index is 6.51. The molecule has 8 nitrogen and oxygen atoms in total. The van der Waals surface area contributed by atoms with Crippen molar-refractivity contribution in [1.29, 1.82) is 0 Å². The second-order valence-corrected chi connectivity index (χ2v) is 8.18. The van der Waals surface area contributed by atoms with E-state index < -0.39 is 5.79 Å². The summed E-state index contributed by atoms with van der Waals surface area (Å²) in [6.45, 7) is 1.06. The molecule has 2 atom stereocenters. The molecule has 2 unspecified atom stereocenters. The Bertz CT molecular complexity index is 1170.